The van der Waals surface area contributed by atoms with Crippen molar-refractivity contribution in [1.82, 2.24) is 24.6 Å². The zero-order chi connectivity index (χ0) is 20.1. The van der Waals surface area contributed by atoms with E-state index in [1.54, 1.807) is 0 Å². The van der Waals surface area contributed by atoms with Gasteiger partial charge in [0, 0.05) is 32.7 Å². The van der Waals surface area contributed by atoms with Crippen LogP contribution in [0.2, 0.25) is 0 Å². The molecule has 1 saturated heterocycles. The van der Waals surface area contributed by atoms with Crippen LogP contribution in [0, 0.1) is 11.7 Å². The predicted molar refractivity (Wildman–Crippen MR) is 121 cm³/mol. The first-order valence-corrected chi connectivity index (χ1v) is 10.5. The number of aromatic amines is 1. The summed E-state index contributed by atoms with van der Waals surface area (Å²) in [6.45, 7) is 8.12. The normalized spacial score (nSPS) is 15.9. The number of benzene rings is 2. The van der Waals surface area contributed by atoms with Crippen LogP contribution in [0.25, 0.3) is 12.2 Å². The molecule has 1 aromatic heterocycles. The van der Waals surface area contributed by atoms with Gasteiger partial charge in [0.1, 0.15) is 5.82 Å². The van der Waals surface area contributed by atoms with E-state index in [-0.39, 0.29) is 0 Å². The molecule has 0 unspecified atom stereocenters. The second-order valence-corrected chi connectivity index (χ2v) is 7.95. The van der Waals surface area contributed by atoms with Crippen molar-refractivity contribution in [3.05, 3.63) is 81.9 Å². The van der Waals surface area contributed by atoms with Gasteiger partial charge in [0.05, 0.1) is 6.67 Å². The van der Waals surface area contributed by atoms with Gasteiger partial charge in [-0.25, -0.2) is 4.68 Å². The van der Waals surface area contributed by atoms with Gasteiger partial charge in [-0.15, -0.1) is 0 Å². The zero-order valence-electron chi connectivity index (χ0n) is 16.8. The highest BCUT2D eigenvalue weighted by Crippen LogP contribution is 2.11. The highest BCUT2D eigenvalue weighted by Gasteiger charge is 2.17. The first kappa shape index (κ1) is 19.8. The maximum absolute atomic E-state index is 5.44. The molecule has 1 fully saturated rings. The lowest BCUT2D eigenvalue weighted by atomic mass is 10.1. The lowest BCUT2D eigenvalue weighted by Crippen LogP contribution is -2.46. The maximum atomic E-state index is 5.44. The van der Waals surface area contributed by atoms with Gasteiger partial charge in [-0.2, -0.15) is 4.98 Å². The summed E-state index contributed by atoms with van der Waals surface area (Å²) in [5.41, 5.74) is 3.86. The molecule has 6 heteroatoms. The van der Waals surface area contributed by atoms with Gasteiger partial charge in [-0.3, -0.25) is 14.9 Å². The number of nitrogens with zero attached hydrogens (tertiary/aromatic N) is 4. The van der Waals surface area contributed by atoms with Gasteiger partial charge < -0.3 is 0 Å². The Labute approximate surface area is 177 Å². The SMILES string of the molecule is Cc1cccc(CN2CCN(Cn3[nH]c(/C=C/c4ccccc4)nc3=S)CC2)c1. The summed E-state index contributed by atoms with van der Waals surface area (Å²) in [5.74, 6) is 0.789. The number of nitrogens with one attached hydrogen (secondary N) is 1. The zero-order valence-corrected chi connectivity index (χ0v) is 17.6. The first-order chi connectivity index (χ1) is 14.2. The molecule has 0 radical (unpaired) electrons. The summed E-state index contributed by atoms with van der Waals surface area (Å²) < 4.78 is 2.55. The van der Waals surface area contributed by atoms with Crippen molar-refractivity contribution in [1.29, 1.82) is 0 Å². The van der Waals surface area contributed by atoms with Crippen LogP contribution < -0.4 is 0 Å². The van der Waals surface area contributed by atoms with E-state index < -0.39 is 0 Å². The molecule has 1 N–H and O–H groups in total. The lowest BCUT2D eigenvalue weighted by molar-refractivity contribution is 0.0981. The third-order valence-corrected chi connectivity index (χ3v) is 5.54. The van der Waals surface area contributed by atoms with Crippen molar-refractivity contribution >= 4 is 24.4 Å². The van der Waals surface area contributed by atoms with Gasteiger partial charge in [0.15, 0.2) is 0 Å². The Hall–Kier alpha value is -2.54. The lowest BCUT2D eigenvalue weighted by Gasteiger charge is -2.34. The minimum absolute atomic E-state index is 0.597. The van der Waals surface area contributed by atoms with Crippen molar-refractivity contribution < 1.29 is 0 Å². The van der Waals surface area contributed by atoms with Crippen LogP contribution in [0.1, 0.15) is 22.5 Å². The summed E-state index contributed by atoms with van der Waals surface area (Å²) in [6.07, 6.45) is 4.02. The molecule has 4 rings (SSSR count). The molecule has 0 bridgehead atoms. The summed E-state index contributed by atoms with van der Waals surface area (Å²) >= 11 is 5.44. The molecule has 1 aliphatic heterocycles. The molecule has 0 aliphatic carbocycles. The number of H-pyrrole nitrogens is 1. The Morgan fingerprint density at radius 3 is 2.48 bits per heavy atom. The summed E-state index contributed by atoms with van der Waals surface area (Å²) in [5, 5.41) is 3.32. The number of piperazine rings is 1. The second-order valence-electron chi connectivity index (χ2n) is 7.59. The van der Waals surface area contributed by atoms with E-state index in [4.69, 9.17) is 12.2 Å². The van der Waals surface area contributed by atoms with Crippen LogP contribution in [0.4, 0.5) is 0 Å². The molecule has 1 aliphatic rings. The van der Waals surface area contributed by atoms with E-state index in [9.17, 15) is 0 Å². The maximum Gasteiger partial charge on any atom is 0.217 e. The Morgan fingerprint density at radius 2 is 1.72 bits per heavy atom. The van der Waals surface area contributed by atoms with E-state index in [0.29, 0.717) is 4.77 Å². The van der Waals surface area contributed by atoms with E-state index in [0.717, 1.165) is 50.8 Å². The van der Waals surface area contributed by atoms with Crippen LogP contribution >= 0.6 is 12.2 Å². The van der Waals surface area contributed by atoms with Crippen LogP contribution in [-0.2, 0) is 13.2 Å². The smallest absolute Gasteiger partial charge is 0.217 e. The number of hydrogen-bond acceptors (Lipinski definition) is 4. The van der Waals surface area contributed by atoms with E-state index in [1.165, 1.54) is 11.1 Å². The molecule has 0 saturated carbocycles. The third kappa shape index (κ3) is 5.50. The number of aromatic nitrogens is 3. The molecule has 2 heterocycles. The van der Waals surface area contributed by atoms with Crippen molar-refractivity contribution in [2.45, 2.75) is 20.1 Å². The minimum atomic E-state index is 0.597. The van der Waals surface area contributed by atoms with Gasteiger partial charge in [0.2, 0.25) is 4.77 Å². The average molecular weight is 406 g/mol. The van der Waals surface area contributed by atoms with Gasteiger partial charge in [-0.1, -0.05) is 66.2 Å². The summed E-state index contributed by atoms with van der Waals surface area (Å²) in [6, 6.07) is 19.0. The number of rotatable bonds is 6. The highest BCUT2D eigenvalue weighted by atomic mass is 32.1. The van der Waals surface area contributed by atoms with Gasteiger partial charge in [0.25, 0.3) is 0 Å². The van der Waals surface area contributed by atoms with Crippen LogP contribution in [0.15, 0.2) is 54.6 Å². The first-order valence-electron chi connectivity index (χ1n) is 10.1. The van der Waals surface area contributed by atoms with Gasteiger partial charge in [-0.05, 0) is 36.3 Å². The third-order valence-electron chi connectivity index (χ3n) is 5.22. The predicted octanol–water partition coefficient (Wildman–Crippen LogP) is 4.19. The topological polar surface area (TPSA) is 40.1 Å². The van der Waals surface area contributed by atoms with E-state index in [2.05, 4.69) is 63.2 Å². The minimum Gasteiger partial charge on any atom is -0.297 e. The van der Waals surface area contributed by atoms with Crippen LogP contribution in [-0.4, -0.2) is 50.7 Å². The fraction of sp³-hybridized carbons (Fsp3) is 0.304. The largest absolute Gasteiger partial charge is 0.297 e. The van der Waals surface area contributed by atoms with Crippen molar-refractivity contribution in [3.63, 3.8) is 0 Å². The van der Waals surface area contributed by atoms with Crippen LogP contribution in [0.5, 0.6) is 0 Å². The highest BCUT2D eigenvalue weighted by molar-refractivity contribution is 7.71. The Morgan fingerprint density at radius 1 is 0.966 bits per heavy atom. The number of hydrogen-bond donors (Lipinski definition) is 1. The number of aryl methyl sites for hydroxylation is 1. The summed E-state index contributed by atoms with van der Waals surface area (Å²) in [4.78, 5) is 9.41. The molecule has 0 amide bonds. The molecule has 29 heavy (non-hydrogen) atoms. The Balaban J connectivity index is 1.31. The molecule has 2 aromatic carbocycles. The van der Waals surface area contributed by atoms with E-state index in [1.807, 2.05) is 35.0 Å². The van der Waals surface area contributed by atoms with Crippen LogP contribution in [0.3, 0.4) is 0 Å². The summed E-state index contributed by atoms with van der Waals surface area (Å²) in [7, 11) is 0. The van der Waals surface area contributed by atoms with E-state index >= 15 is 0 Å². The molecule has 150 valence electrons. The Kier molecular flexibility index (Phi) is 6.34. The van der Waals surface area contributed by atoms with Crippen molar-refractivity contribution in [2.75, 3.05) is 26.2 Å². The van der Waals surface area contributed by atoms with Crippen molar-refractivity contribution in [2.24, 2.45) is 0 Å². The molecule has 0 spiro atoms. The second kappa shape index (κ2) is 9.31. The molecular formula is C23H27N5S. The standard InChI is InChI=1S/C23H27N5S/c1-19-6-5-9-21(16-19)17-26-12-14-27(15-13-26)18-28-23(29)24-22(25-28)11-10-20-7-3-2-4-8-20/h2-11,16H,12-15,17-18H2,1H3,(H,24,25,29)/b11-10+. The average Bonchev–Trinajstić information content (AvgIpc) is 3.08. The fourth-order valence-electron chi connectivity index (χ4n) is 3.64. The van der Waals surface area contributed by atoms with Crippen molar-refractivity contribution in [3.8, 4) is 0 Å². The monoisotopic (exact) mass is 405 g/mol. The molecular weight excluding hydrogens is 378 g/mol. The van der Waals surface area contributed by atoms with Gasteiger partial charge >= 0.3 is 0 Å². The molecule has 5 nitrogen and oxygen atoms in total. The fourth-order valence-corrected chi connectivity index (χ4v) is 3.84. The molecule has 0 atom stereocenters. The molecule has 3 aromatic rings. The Bertz CT molecular complexity index is 1010. The quantitative estimate of drug-likeness (QED) is 0.624.